The number of likely N-dealkylation sites (N-methyl/N-ethyl adjacent to an activating group) is 1. The first-order valence-corrected chi connectivity index (χ1v) is 8.19. The molecule has 25 heavy (non-hydrogen) atoms. The van der Waals surface area contributed by atoms with Crippen LogP contribution in [0, 0.1) is 0 Å². The molecule has 1 aliphatic rings. The Kier molecular flexibility index (Phi) is 8.17. The zero-order valence-corrected chi connectivity index (χ0v) is 14.9. The van der Waals surface area contributed by atoms with E-state index in [1.165, 1.54) is 0 Å². The minimum absolute atomic E-state index is 0.0587. The molecule has 138 valence electrons. The number of carboxylic acids is 2. The summed E-state index contributed by atoms with van der Waals surface area (Å²) in [5.41, 5.74) is 1.53. The highest BCUT2D eigenvalue weighted by atomic mass is 35.5. The van der Waals surface area contributed by atoms with E-state index < -0.39 is 11.9 Å². The second-order valence-electron chi connectivity index (χ2n) is 5.23. The van der Waals surface area contributed by atoms with Gasteiger partial charge in [-0.15, -0.1) is 0 Å². The third kappa shape index (κ3) is 6.24. The SMILES string of the molecule is CCN(CC)CCN1CNc2ccc(Cl)cc2C1=O.O=C(O)C(=O)O. The number of halogens is 1. The number of nitrogens with one attached hydrogen (secondary N) is 1. The summed E-state index contributed by atoms with van der Waals surface area (Å²) >= 11 is 5.96. The number of fused-ring (bicyclic) bond motifs is 1. The van der Waals surface area contributed by atoms with Gasteiger partial charge in [0.1, 0.15) is 0 Å². The molecular formula is C16H22ClN3O5. The van der Waals surface area contributed by atoms with Crippen molar-refractivity contribution in [3.05, 3.63) is 28.8 Å². The van der Waals surface area contributed by atoms with Crippen LogP contribution in [0.4, 0.5) is 5.69 Å². The Bertz CT molecular complexity index is 622. The Morgan fingerprint density at radius 1 is 1.24 bits per heavy atom. The molecule has 0 aromatic heterocycles. The van der Waals surface area contributed by atoms with Crippen LogP contribution in [0.2, 0.25) is 5.02 Å². The van der Waals surface area contributed by atoms with Gasteiger partial charge in [-0.05, 0) is 31.3 Å². The van der Waals surface area contributed by atoms with Gasteiger partial charge < -0.3 is 25.3 Å². The van der Waals surface area contributed by atoms with Gasteiger partial charge in [0.05, 0.1) is 12.2 Å². The maximum Gasteiger partial charge on any atom is 0.414 e. The van der Waals surface area contributed by atoms with Gasteiger partial charge in [0, 0.05) is 23.8 Å². The Morgan fingerprint density at radius 3 is 2.36 bits per heavy atom. The summed E-state index contributed by atoms with van der Waals surface area (Å²) in [5, 5.41) is 18.6. The summed E-state index contributed by atoms with van der Waals surface area (Å²) in [7, 11) is 0. The molecule has 1 amide bonds. The number of hydrogen-bond donors (Lipinski definition) is 3. The lowest BCUT2D eigenvalue weighted by Gasteiger charge is -2.31. The minimum Gasteiger partial charge on any atom is -0.473 e. The summed E-state index contributed by atoms with van der Waals surface area (Å²) in [4.78, 5) is 34.7. The van der Waals surface area contributed by atoms with Crippen molar-refractivity contribution in [3.63, 3.8) is 0 Å². The van der Waals surface area contributed by atoms with Gasteiger partial charge in [0.2, 0.25) is 0 Å². The molecule has 1 aromatic carbocycles. The van der Waals surface area contributed by atoms with Crippen LogP contribution in [0.15, 0.2) is 18.2 Å². The maximum atomic E-state index is 12.4. The molecule has 0 radical (unpaired) electrons. The van der Waals surface area contributed by atoms with E-state index in [1.807, 2.05) is 11.0 Å². The van der Waals surface area contributed by atoms with Gasteiger partial charge in [0.25, 0.3) is 5.91 Å². The number of nitrogens with zero attached hydrogens (tertiary/aromatic N) is 2. The number of carbonyl (C=O) groups excluding carboxylic acids is 1. The lowest BCUT2D eigenvalue weighted by Crippen LogP contribution is -2.44. The summed E-state index contributed by atoms with van der Waals surface area (Å²) in [5.74, 6) is -3.59. The molecule has 9 heteroatoms. The normalized spacial score (nSPS) is 12.8. The molecule has 2 rings (SSSR count). The number of aliphatic carboxylic acids is 2. The molecular weight excluding hydrogens is 350 g/mol. The van der Waals surface area contributed by atoms with E-state index in [1.54, 1.807) is 12.1 Å². The average Bonchev–Trinajstić information content (AvgIpc) is 2.58. The average molecular weight is 372 g/mol. The second-order valence-corrected chi connectivity index (χ2v) is 5.67. The number of amides is 1. The molecule has 0 unspecified atom stereocenters. The monoisotopic (exact) mass is 371 g/mol. The van der Waals surface area contributed by atoms with Gasteiger partial charge in [-0.2, -0.15) is 0 Å². The van der Waals surface area contributed by atoms with E-state index in [2.05, 4.69) is 24.1 Å². The van der Waals surface area contributed by atoms with E-state index >= 15 is 0 Å². The predicted molar refractivity (Wildman–Crippen MR) is 94.0 cm³/mol. The molecule has 8 nitrogen and oxygen atoms in total. The van der Waals surface area contributed by atoms with Gasteiger partial charge in [-0.1, -0.05) is 25.4 Å². The highest BCUT2D eigenvalue weighted by Crippen LogP contribution is 2.25. The Hall–Kier alpha value is -2.32. The number of benzene rings is 1. The third-order valence-corrected chi connectivity index (χ3v) is 3.96. The second kappa shape index (κ2) is 9.85. The van der Waals surface area contributed by atoms with Crippen LogP contribution >= 0.6 is 11.6 Å². The smallest absolute Gasteiger partial charge is 0.414 e. The largest absolute Gasteiger partial charge is 0.473 e. The van der Waals surface area contributed by atoms with E-state index in [-0.39, 0.29) is 5.91 Å². The fourth-order valence-electron chi connectivity index (χ4n) is 2.25. The van der Waals surface area contributed by atoms with E-state index in [0.717, 1.165) is 31.9 Å². The van der Waals surface area contributed by atoms with Gasteiger partial charge in [-0.3, -0.25) is 4.79 Å². The molecule has 0 fully saturated rings. The van der Waals surface area contributed by atoms with E-state index in [4.69, 9.17) is 31.4 Å². The van der Waals surface area contributed by atoms with Crippen LogP contribution in [0.25, 0.3) is 0 Å². The number of rotatable bonds is 5. The topological polar surface area (TPSA) is 110 Å². The van der Waals surface area contributed by atoms with Crippen molar-refractivity contribution in [2.45, 2.75) is 13.8 Å². The van der Waals surface area contributed by atoms with Crippen LogP contribution in [-0.2, 0) is 9.59 Å². The zero-order chi connectivity index (χ0) is 19.0. The van der Waals surface area contributed by atoms with Crippen molar-refractivity contribution in [3.8, 4) is 0 Å². The first kappa shape index (κ1) is 20.7. The lowest BCUT2D eigenvalue weighted by atomic mass is 10.1. The van der Waals surface area contributed by atoms with E-state index in [9.17, 15) is 4.79 Å². The van der Waals surface area contributed by atoms with Crippen LogP contribution in [0.1, 0.15) is 24.2 Å². The summed E-state index contributed by atoms with van der Waals surface area (Å²) in [6, 6.07) is 5.39. The standard InChI is InChI=1S/C14H20ClN3O.C2H2O4/c1-3-17(4-2)7-8-18-10-16-13-6-5-11(15)9-12(13)14(18)19;3-1(4)2(5)6/h5-6,9,16H,3-4,7-8,10H2,1-2H3;(H,3,4)(H,5,6). The summed E-state index contributed by atoms with van der Waals surface area (Å²) < 4.78 is 0. The minimum atomic E-state index is -1.82. The van der Waals surface area contributed by atoms with Crippen molar-refractivity contribution >= 4 is 35.1 Å². The van der Waals surface area contributed by atoms with Gasteiger partial charge in [-0.25, -0.2) is 9.59 Å². The van der Waals surface area contributed by atoms with Crippen molar-refractivity contribution in [2.75, 3.05) is 38.2 Å². The predicted octanol–water partition coefficient (Wildman–Crippen LogP) is 1.66. The van der Waals surface area contributed by atoms with Gasteiger partial charge >= 0.3 is 11.9 Å². The van der Waals surface area contributed by atoms with Crippen LogP contribution < -0.4 is 5.32 Å². The number of carbonyl (C=O) groups is 3. The molecule has 0 spiro atoms. The Balaban J connectivity index is 0.000000450. The van der Waals surface area contributed by atoms with Crippen molar-refractivity contribution < 1.29 is 24.6 Å². The van der Waals surface area contributed by atoms with Crippen LogP contribution in [0.3, 0.4) is 0 Å². The van der Waals surface area contributed by atoms with Crippen LogP contribution in [-0.4, -0.2) is 70.7 Å². The molecule has 1 heterocycles. The molecule has 0 atom stereocenters. The van der Waals surface area contributed by atoms with Crippen molar-refractivity contribution in [1.82, 2.24) is 9.80 Å². The Labute approximate surface area is 151 Å². The molecule has 1 aromatic rings. The zero-order valence-electron chi connectivity index (χ0n) is 14.2. The fourth-order valence-corrected chi connectivity index (χ4v) is 2.42. The number of hydrogen-bond acceptors (Lipinski definition) is 5. The first-order valence-electron chi connectivity index (χ1n) is 7.81. The quantitative estimate of drug-likeness (QED) is 0.675. The maximum absolute atomic E-state index is 12.4. The van der Waals surface area contributed by atoms with Crippen LogP contribution in [0.5, 0.6) is 0 Å². The molecule has 0 saturated carbocycles. The number of anilines is 1. The van der Waals surface area contributed by atoms with Crippen molar-refractivity contribution in [2.24, 2.45) is 0 Å². The molecule has 0 aliphatic carbocycles. The van der Waals surface area contributed by atoms with E-state index in [0.29, 0.717) is 17.3 Å². The number of carboxylic acid groups (broad SMARTS) is 2. The molecule has 1 aliphatic heterocycles. The fraction of sp³-hybridized carbons (Fsp3) is 0.438. The molecule has 3 N–H and O–H groups in total. The molecule has 0 saturated heterocycles. The lowest BCUT2D eigenvalue weighted by molar-refractivity contribution is -0.159. The molecule has 0 bridgehead atoms. The van der Waals surface area contributed by atoms with Gasteiger partial charge in [0.15, 0.2) is 0 Å². The van der Waals surface area contributed by atoms with Crippen molar-refractivity contribution in [1.29, 1.82) is 0 Å². The first-order chi connectivity index (χ1) is 11.8. The summed E-state index contributed by atoms with van der Waals surface area (Å²) in [6.07, 6.45) is 0. The highest BCUT2D eigenvalue weighted by molar-refractivity contribution is 6.31. The highest BCUT2D eigenvalue weighted by Gasteiger charge is 2.24. The Morgan fingerprint density at radius 2 is 1.84 bits per heavy atom. The summed E-state index contributed by atoms with van der Waals surface area (Å²) in [6.45, 7) is 8.48. The third-order valence-electron chi connectivity index (χ3n) is 3.72.